The van der Waals surface area contributed by atoms with E-state index in [2.05, 4.69) is 5.32 Å². The minimum absolute atomic E-state index is 0.0314. The molecule has 3 aliphatic rings. The number of carbonyl (C=O) groups is 4. The first kappa shape index (κ1) is 27.9. The van der Waals surface area contributed by atoms with Crippen LogP contribution in [0, 0.1) is 11.8 Å². The molecule has 2 amide bonds. The number of Topliss-reactive ketones (excluding diaryl/α,β-unsaturated/α-hetero) is 2. The standard InChI is InChI=1S/C28H30N4O9/c1-31(2)15-10-14(30-27(39)16-6-5-7-41-16)21(33)18-12(15)8-11-9-13-20(32(3)4)23(35)19(26(29)38)25(37)28(13,40)24(36)17(11)22(18)34/h5-7,10-11,13,20,33,35-36,40H,8-9H2,1-4H3,(H2,29,38)(H,30,39)/t11?,13?,20-,28-/m0/s1. The van der Waals surface area contributed by atoms with Crippen molar-refractivity contribution in [3.63, 3.8) is 0 Å². The van der Waals surface area contributed by atoms with Gasteiger partial charge in [-0.1, -0.05) is 0 Å². The predicted molar refractivity (Wildman–Crippen MR) is 145 cm³/mol. The number of benzene rings is 1. The number of phenols is 1. The molecule has 0 aliphatic heterocycles. The Morgan fingerprint density at radius 1 is 1.15 bits per heavy atom. The second-order valence-corrected chi connectivity index (χ2v) is 10.9. The number of carbonyl (C=O) groups excluding carboxylic acids is 4. The zero-order valence-electron chi connectivity index (χ0n) is 22.8. The van der Waals surface area contributed by atoms with Gasteiger partial charge in [-0.05, 0) is 56.6 Å². The smallest absolute Gasteiger partial charge is 0.291 e. The molecule has 2 unspecified atom stereocenters. The summed E-state index contributed by atoms with van der Waals surface area (Å²) >= 11 is 0. The summed E-state index contributed by atoms with van der Waals surface area (Å²) in [5, 5.41) is 47.8. The SMILES string of the molecule is CN(C)c1cc(NC(=O)c2ccco2)c(O)c2c1CC1CC3[C@H](N(C)C)C(O)=C(C(N)=O)C(=O)[C@@]3(O)C(O)=C1C2=O. The highest BCUT2D eigenvalue weighted by atomic mass is 16.4. The second kappa shape index (κ2) is 9.49. The van der Waals surface area contributed by atoms with Crippen molar-refractivity contribution in [2.75, 3.05) is 38.4 Å². The van der Waals surface area contributed by atoms with Crippen LogP contribution in [-0.2, 0) is 16.0 Å². The Morgan fingerprint density at radius 2 is 1.83 bits per heavy atom. The number of hydrogen-bond donors (Lipinski definition) is 6. The number of aromatic hydroxyl groups is 1. The van der Waals surface area contributed by atoms with Gasteiger partial charge in [-0.3, -0.25) is 24.1 Å². The number of likely N-dealkylation sites (N-methyl/N-ethyl adjacent to an activating group) is 1. The molecule has 13 heteroatoms. The number of phenolic OH excluding ortho intramolecular Hbond substituents is 1. The molecule has 2 aromatic rings. The third-order valence-corrected chi connectivity index (χ3v) is 8.17. The number of allylic oxidation sites excluding steroid dienone is 1. The highest BCUT2D eigenvalue weighted by Crippen LogP contribution is 2.53. The van der Waals surface area contributed by atoms with Gasteiger partial charge in [-0.15, -0.1) is 0 Å². The monoisotopic (exact) mass is 566 g/mol. The summed E-state index contributed by atoms with van der Waals surface area (Å²) in [6.45, 7) is 0. The third-order valence-electron chi connectivity index (χ3n) is 8.17. The predicted octanol–water partition coefficient (Wildman–Crippen LogP) is 1.03. The number of nitrogens with two attached hydrogens (primary N) is 1. The topological polar surface area (TPSA) is 207 Å². The summed E-state index contributed by atoms with van der Waals surface area (Å²) < 4.78 is 5.10. The van der Waals surface area contributed by atoms with E-state index in [9.17, 15) is 39.6 Å². The van der Waals surface area contributed by atoms with Crippen molar-refractivity contribution < 1.29 is 44.0 Å². The Morgan fingerprint density at radius 3 is 2.39 bits per heavy atom. The van der Waals surface area contributed by atoms with Crippen LogP contribution in [0.2, 0.25) is 0 Å². The largest absolute Gasteiger partial charge is 0.510 e. The molecule has 216 valence electrons. The fraction of sp³-hybridized carbons (Fsp3) is 0.357. The molecule has 13 nitrogen and oxygen atoms in total. The average molecular weight is 567 g/mol. The minimum atomic E-state index is -2.74. The van der Waals surface area contributed by atoms with E-state index >= 15 is 0 Å². The van der Waals surface area contributed by atoms with E-state index < -0.39 is 69.7 Å². The molecule has 7 N–H and O–H groups in total. The van der Waals surface area contributed by atoms with Crippen LogP contribution in [0.3, 0.4) is 0 Å². The van der Waals surface area contributed by atoms with Gasteiger partial charge in [0.05, 0.1) is 23.6 Å². The lowest BCUT2D eigenvalue weighted by atomic mass is 9.58. The molecule has 5 rings (SSSR count). The molecule has 1 heterocycles. The van der Waals surface area contributed by atoms with E-state index in [1.165, 1.54) is 29.4 Å². The number of ketones is 2. The first-order valence-electron chi connectivity index (χ1n) is 12.8. The molecule has 0 radical (unpaired) electrons. The summed E-state index contributed by atoms with van der Waals surface area (Å²) in [6, 6.07) is 3.36. The fourth-order valence-electron chi connectivity index (χ4n) is 6.38. The highest BCUT2D eigenvalue weighted by molar-refractivity contribution is 6.25. The van der Waals surface area contributed by atoms with Crippen LogP contribution in [0.15, 0.2) is 51.5 Å². The van der Waals surface area contributed by atoms with E-state index in [1.54, 1.807) is 33.1 Å². The van der Waals surface area contributed by atoms with Crippen LogP contribution in [0.25, 0.3) is 0 Å². The van der Waals surface area contributed by atoms with Crippen LogP contribution in [0.1, 0.15) is 32.9 Å². The molecular formula is C28H30N4O9. The Hall–Kier alpha value is -4.62. The van der Waals surface area contributed by atoms with Crippen LogP contribution in [0.4, 0.5) is 11.4 Å². The summed E-state index contributed by atoms with van der Waals surface area (Å²) in [5.41, 5.74) is 2.08. The summed E-state index contributed by atoms with van der Waals surface area (Å²) in [5.74, 6) is -8.20. The number of furan rings is 1. The normalized spacial score (nSPS) is 25.6. The molecule has 0 saturated carbocycles. The third kappa shape index (κ3) is 3.91. The van der Waals surface area contributed by atoms with Crippen LogP contribution < -0.4 is 16.0 Å². The first-order valence-corrected chi connectivity index (χ1v) is 12.8. The molecule has 41 heavy (non-hydrogen) atoms. The minimum Gasteiger partial charge on any atom is -0.510 e. The van der Waals surface area contributed by atoms with Gasteiger partial charge in [0.15, 0.2) is 22.9 Å². The van der Waals surface area contributed by atoms with Crippen molar-refractivity contribution in [1.82, 2.24) is 4.90 Å². The Kier molecular flexibility index (Phi) is 6.46. The number of anilines is 2. The first-order chi connectivity index (χ1) is 19.2. The number of aliphatic hydroxyl groups is 3. The van der Waals surface area contributed by atoms with Gasteiger partial charge in [0.1, 0.15) is 17.1 Å². The van der Waals surface area contributed by atoms with E-state index in [0.717, 1.165) is 0 Å². The lowest BCUT2D eigenvalue weighted by Gasteiger charge is -2.50. The van der Waals surface area contributed by atoms with E-state index in [-0.39, 0.29) is 35.4 Å². The average Bonchev–Trinajstić information content (AvgIpc) is 3.42. The Balaban J connectivity index is 1.69. The van der Waals surface area contributed by atoms with Gasteiger partial charge >= 0.3 is 0 Å². The van der Waals surface area contributed by atoms with Gasteiger partial charge < -0.3 is 40.8 Å². The molecule has 4 atom stereocenters. The Bertz CT molecular complexity index is 1570. The van der Waals surface area contributed by atoms with Crippen molar-refractivity contribution in [2.45, 2.75) is 24.5 Å². The number of aliphatic hydroxyl groups excluding tert-OH is 2. The maximum Gasteiger partial charge on any atom is 0.291 e. The number of nitrogens with one attached hydrogen (secondary N) is 1. The van der Waals surface area contributed by atoms with Crippen LogP contribution in [-0.4, -0.2) is 88.5 Å². The van der Waals surface area contributed by atoms with Crippen molar-refractivity contribution in [3.8, 4) is 5.75 Å². The van der Waals surface area contributed by atoms with Gasteiger partial charge in [0.25, 0.3) is 11.8 Å². The van der Waals surface area contributed by atoms with Crippen molar-refractivity contribution in [3.05, 3.63) is 64.0 Å². The molecular weight excluding hydrogens is 536 g/mol. The lowest BCUT2D eigenvalue weighted by molar-refractivity contribution is -0.148. The quantitative estimate of drug-likeness (QED) is 0.223. The molecule has 3 aliphatic carbocycles. The number of fused-ring (bicyclic) bond motifs is 3. The number of amides is 2. The molecule has 1 aromatic carbocycles. The maximum atomic E-state index is 14.0. The van der Waals surface area contributed by atoms with E-state index in [0.29, 0.717) is 11.3 Å². The zero-order valence-corrected chi connectivity index (χ0v) is 22.8. The number of hydrogen-bond acceptors (Lipinski definition) is 11. The van der Waals surface area contributed by atoms with Crippen molar-refractivity contribution in [2.24, 2.45) is 17.6 Å². The summed E-state index contributed by atoms with van der Waals surface area (Å²) in [6.07, 6.45) is 1.39. The van der Waals surface area contributed by atoms with Gasteiger partial charge in [0, 0.05) is 31.3 Å². The molecule has 0 spiro atoms. The molecule has 1 aromatic heterocycles. The maximum absolute atomic E-state index is 14.0. The van der Waals surface area contributed by atoms with Crippen molar-refractivity contribution >= 4 is 34.8 Å². The Labute approximate surface area is 234 Å². The number of nitrogens with zero attached hydrogens (tertiary/aromatic N) is 2. The van der Waals surface area contributed by atoms with E-state index in [1.807, 2.05) is 0 Å². The second-order valence-electron chi connectivity index (χ2n) is 10.9. The molecule has 0 bridgehead atoms. The summed E-state index contributed by atoms with van der Waals surface area (Å²) in [7, 11) is 6.56. The van der Waals surface area contributed by atoms with Gasteiger partial charge in [-0.25, -0.2) is 0 Å². The van der Waals surface area contributed by atoms with Crippen LogP contribution in [0.5, 0.6) is 5.75 Å². The van der Waals surface area contributed by atoms with E-state index in [4.69, 9.17) is 10.2 Å². The highest BCUT2D eigenvalue weighted by Gasteiger charge is 2.63. The fourth-order valence-corrected chi connectivity index (χ4v) is 6.38. The summed E-state index contributed by atoms with van der Waals surface area (Å²) in [4.78, 5) is 55.5. The zero-order chi connectivity index (χ0) is 30.1. The number of rotatable bonds is 5. The van der Waals surface area contributed by atoms with Gasteiger partial charge in [0.2, 0.25) is 5.78 Å². The number of primary amides is 1. The molecule has 0 saturated heterocycles. The van der Waals surface area contributed by atoms with Crippen LogP contribution >= 0.6 is 0 Å². The van der Waals surface area contributed by atoms with Gasteiger partial charge in [-0.2, -0.15) is 0 Å². The van der Waals surface area contributed by atoms with Crippen molar-refractivity contribution in [1.29, 1.82) is 0 Å². The lowest BCUT2D eigenvalue weighted by Crippen LogP contribution is -2.63. The molecule has 0 fully saturated rings.